The number of hydrogen-bond acceptors (Lipinski definition) is 3. The minimum absolute atomic E-state index is 0.0991. The molecule has 1 aromatic heterocycles. The normalized spacial score (nSPS) is 19.0. The quantitative estimate of drug-likeness (QED) is 0.321. The van der Waals surface area contributed by atoms with Crippen molar-refractivity contribution in [1.29, 1.82) is 0 Å². The molecule has 2 saturated heterocycles. The second kappa shape index (κ2) is 10.4. The summed E-state index contributed by atoms with van der Waals surface area (Å²) in [5, 5.41) is 4.35. The van der Waals surface area contributed by atoms with E-state index in [0.717, 1.165) is 22.0 Å². The summed E-state index contributed by atoms with van der Waals surface area (Å²) < 4.78 is 0. The first-order valence-electron chi connectivity index (χ1n) is 13.9. The third-order valence-electron chi connectivity index (χ3n) is 8.25. The second-order valence-electron chi connectivity index (χ2n) is 12.1. The number of aromatic nitrogens is 1. The number of benzene rings is 3. The number of hydrogen-bond donors (Lipinski definition) is 2. The van der Waals surface area contributed by atoms with E-state index in [2.05, 4.69) is 10.3 Å². The Morgan fingerprint density at radius 2 is 1.56 bits per heavy atom. The van der Waals surface area contributed by atoms with Crippen molar-refractivity contribution in [1.82, 2.24) is 20.1 Å². The Kier molecular flexibility index (Phi) is 6.86. The Balaban J connectivity index is 1.17. The lowest BCUT2D eigenvalue weighted by Gasteiger charge is -2.39. The van der Waals surface area contributed by atoms with Gasteiger partial charge in [-0.1, -0.05) is 87.0 Å². The molecule has 210 valence electrons. The van der Waals surface area contributed by atoms with Crippen molar-refractivity contribution in [3.63, 3.8) is 0 Å². The van der Waals surface area contributed by atoms with Gasteiger partial charge in [0.2, 0.25) is 5.91 Å². The number of carbonyl (C=O) groups excluding carboxylic acids is 3. The van der Waals surface area contributed by atoms with E-state index in [9.17, 15) is 14.4 Å². The second-order valence-corrected chi connectivity index (χ2v) is 12.5. The van der Waals surface area contributed by atoms with E-state index in [-0.39, 0.29) is 29.8 Å². The first kappa shape index (κ1) is 27.1. The standard InChI is InChI=1S/C33H33ClN4O3/c1-33(2,3)29(36-30(39)28-16-22-11-7-8-12-27(22)35-28)32(41)38-19-23-17-24(38)18-37(23)31(40)25-15-21(13-14-26(25)34)20-9-5-4-6-10-20/h4-16,23-24,29,35H,17-19H2,1-3H3,(H,36,39)/t23-,24-,29+/m0/s1. The molecule has 4 aromatic rings. The molecule has 6 rings (SSSR count). The van der Waals surface area contributed by atoms with Crippen molar-refractivity contribution >= 4 is 40.2 Å². The molecule has 0 aliphatic carbocycles. The molecule has 3 atom stereocenters. The van der Waals surface area contributed by atoms with Gasteiger partial charge in [-0.2, -0.15) is 0 Å². The molecule has 2 bridgehead atoms. The molecule has 8 heteroatoms. The fourth-order valence-corrected chi connectivity index (χ4v) is 6.26. The van der Waals surface area contributed by atoms with Gasteiger partial charge >= 0.3 is 0 Å². The smallest absolute Gasteiger partial charge is 0.268 e. The highest BCUT2D eigenvalue weighted by atomic mass is 35.5. The number of likely N-dealkylation sites (tertiary alicyclic amines) is 2. The minimum atomic E-state index is -0.720. The van der Waals surface area contributed by atoms with E-state index in [4.69, 9.17) is 11.6 Å². The number of amides is 3. The lowest BCUT2D eigenvalue weighted by molar-refractivity contribution is -0.138. The van der Waals surface area contributed by atoms with Crippen molar-refractivity contribution < 1.29 is 14.4 Å². The van der Waals surface area contributed by atoms with Gasteiger partial charge in [-0.05, 0) is 47.2 Å². The van der Waals surface area contributed by atoms with Crippen molar-refractivity contribution in [2.75, 3.05) is 13.1 Å². The summed E-state index contributed by atoms with van der Waals surface area (Å²) in [4.78, 5) is 47.6. The summed E-state index contributed by atoms with van der Waals surface area (Å²) in [5.74, 6) is -0.555. The molecule has 0 spiro atoms. The highest BCUT2D eigenvalue weighted by Crippen LogP contribution is 2.36. The molecule has 0 radical (unpaired) electrons. The number of aromatic amines is 1. The summed E-state index contributed by atoms with van der Waals surface area (Å²) in [6.07, 6.45) is 0.709. The molecule has 0 saturated carbocycles. The predicted molar refractivity (Wildman–Crippen MR) is 161 cm³/mol. The average molecular weight is 569 g/mol. The van der Waals surface area contributed by atoms with E-state index < -0.39 is 11.5 Å². The molecule has 2 aliphatic rings. The first-order valence-corrected chi connectivity index (χ1v) is 14.3. The Labute approximate surface area is 244 Å². The summed E-state index contributed by atoms with van der Waals surface area (Å²) in [6, 6.07) is 24.0. The van der Waals surface area contributed by atoms with Crippen molar-refractivity contribution in [3.05, 3.63) is 95.1 Å². The van der Waals surface area contributed by atoms with Crippen LogP contribution in [0.1, 0.15) is 48.0 Å². The number of rotatable bonds is 5. The molecule has 3 aromatic carbocycles. The van der Waals surface area contributed by atoms with E-state index in [1.165, 1.54) is 0 Å². The molecular weight excluding hydrogens is 536 g/mol. The van der Waals surface area contributed by atoms with Gasteiger partial charge < -0.3 is 20.1 Å². The van der Waals surface area contributed by atoms with Crippen LogP contribution in [0.3, 0.4) is 0 Å². The highest BCUT2D eigenvalue weighted by molar-refractivity contribution is 6.34. The lowest BCUT2D eigenvalue weighted by atomic mass is 9.85. The predicted octanol–water partition coefficient (Wildman–Crippen LogP) is 5.76. The molecule has 3 amide bonds. The number of nitrogens with zero attached hydrogens (tertiary/aromatic N) is 2. The third kappa shape index (κ3) is 5.10. The van der Waals surface area contributed by atoms with Crippen molar-refractivity contribution in [2.45, 2.75) is 45.3 Å². The number of fused-ring (bicyclic) bond motifs is 3. The van der Waals surface area contributed by atoms with Crippen molar-refractivity contribution in [2.24, 2.45) is 5.41 Å². The Hall–Kier alpha value is -4.10. The van der Waals surface area contributed by atoms with E-state index in [1.807, 2.05) is 97.3 Å². The monoisotopic (exact) mass is 568 g/mol. The van der Waals surface area contributed by atoms with Crippen LogP contribution in [0.4, 0.5) is 0 Å². The summed E-state index contributed by atoms with van der Waals surface area (Å²) in [6.45, 7) is 6.72. The zero-order valence-electron chi connectivity index (χ0n) is 23.4. The van der Waals surface area contributed by atoms with Crippen LogP contribution < -0.4 is 5.32 Å². The van der Waals surface area contributed by atoms with E-state index in [0.29, 0.717) is 35.8 Å². The van der Waals surface area contributed by atoms with Gasteiger partial charge in [0, 0.05) is 24.0 Å². The summed E-state index contributed by atoms with van der Waals surface area (Å²) in [7, 11) is 0. The van der Waals surface area contributed by atoms with Crippen LogP contribution in [-0.4, -0.2) is 63.7 Å². The fraction of sp³-hybridized carbons (Fsp3) is 0.303. The fourth-order valence-electron chi connectivity index (χ4n) is 6.06. The Bertz CT molecular complexity index is 1610. The summed E-state index contributed by atoms with van der Waals surface area (Å²) in [5.41, 5.74) is 3.19. The Morgan fingerprint density at radius 3 is 2.24 bits per heavy atom. The van der Waals surface area contributed by atoms with Gasteiger partial charge in [0.05, 0.1) is 22.7 Å². The minimum Gasteiger partial charge on any atom is -0.351 e. The van der Waals surface area contributed by atoms with Gasteiger partial charge in [-0.3, -0.25) is 14.4 Å². The molecular formula is C33H33ClN4O3. The van der Waals surface area contributed by atoms with Gasteiger partial charge in [-0.25, -0.2) is 0 Å². The van der Waals surface area contributed by atoms with Crippen molar-refractivity contribution in [3.8, 4) is 11.1 Å². The van der Waals surface area contributed by atoms with E-state index >= 15 is 0 Å². The van der Waals surface area contributed by atoms with E-state index in [1.54, 1.807) is 12.1 Å². The number of carbonyl (C=O) groups is 3. The van der Waals surface area contributed by atoms with Crippen LogP contribution in [0.5, 0.6) is 0 Å². The molecule has 7 nitrogen and oxygen atoms in total. The maximum Gasteiger partial charge on any atom is 0.268 e. The van der Waals surface area contributed by atoms with Gasteiger partial charge in [0.15, 0.2) is 0 Å². The lowest BCUT2D eigenvalue weighted by Crippen LogP contribution is -2.59. The maximum atomic E-state index is 13.9. The number of nitrogens with one attached hydrogen (secondary N) is 2. The number of para-hydroxylation sites is 1. The number of piperazine rings is 1. The van der Waals surface area contributed by atoms with Crippen LogP contribution in [0.2, 0.25) is 5.02 Å². The molecule has 0 unspecified atom stereocenters. The summed E-state index contributed by atoms with van der Waals surface area (Å²) >= 11 is 6.50. The molecule has 41 heavy (non-hydrogen) atoms. The highest BCUT2D eigenvalue weighted by Gasteiger charge is 2.50. The van der Waals surface area contributed by atoms with Gasteiger partial charge in [0.1, 0.15) is 11.7 Å². The average Bonchev–Trinajstić information content (AvgIpc) is 3.70. The third-order valence-corrected chi connectivity index (χ3v) is 8.58. The number of H-pyrrole nitrogens is 1. The molecule has 2 aliphatic heterocycles. The van der Waals surface area contributed by atoms with Crippen LogP contribution in [-0.2, 0) is 4.79 Å². The van der Waals surface area contributed by atoms with Gasteiger partial charge in [0.25, 0.3) is 11.8 Å². The number of halogens is 1. The SMILES string of the molecule is CC(C)(C)[C@H](NC(=O)c1cc2ccccc2[nH]1)C(=O)N1C[C@@H]2C[C@H]1CN2C(=O)c1cc(-c2ccccc2)ccc1Cl. The zero-order valence-corrected chi connectivity index (χ0v) is 24.1. The zero-order chi connectivity index (χ0) is 28.9. The molecule has 2 fully saturated rings. The molecule has 3 heterocycles. The Morgan fingerprint density at radius 1 is 0.878 bits per heavy atom. The largest absolute Gasteiger partial charge is 0.351 e. The van der Waals surface area contributed by atoms with Crippen LogP contribution in [0.15, 0.2) is 78.9 Å². The van der Waals surface area contributed by atoms with Crippen LogP contribution >= 0.6 is 11.6 Å². The maximum absolute atomic E-state index is 13.9. The van der Waals surface area contributed by atoms with Gasteiger partial charge in [-0.15, -0.1) is 0 Å². The topological polar surface area (TPSA) is 85.5 Å². The first-order chi connectivity index (χ1) is 19.6. The van der Waals surface area contributed by atoms with Crippen LogP contribution in [0, 0.1) is 5.41 Å². The molecule has 2 N–H and O–H groups in total. The van der Waals surface area contributed by atoms with Crippen LogP contribution in [0.25, 0.3) is 22.0 Å².